The number of hydrogen-bond donors (Lipinski definition) is 1. The molecule has 0 saturated heterocycles. The fourth-order valence-corrected chi connectivity index (χ4v) is 2.47. The van der Waals surface area contributed by atoms with Crippen LogP contribution in [0.15, 0.2) is 28.4 Å². The number of allylic oxidation sites excluding steroid dienone is 2. The van der Waals surface area contributed by atoms with Gasteiger partial charge in [-0.2, -0.15) is 0 Å². The van der Waals surface area contributed by atoms with E-state index in [1.807, 2.05) is 0 Å². The molecule has 1 aliphatic carbocycles. The molecule has 1 saturated carbocycles. The minimum absolute atomic E-state index is 0.0583. The molecule has 2 atom stereocenters. The Kier molecular flexibility index (Phi) is 3.28. The molecule has 18 heavy (non-hydrogen) atoms. The van der Waals surface area contributed by atoms with E-state index < -0.39 is 0 Å². The van der Waals surface area contributed by atoms with E-state index in [1.54, 1.807) is 12.3 Å². The van der Waals surface area contributed by atoms with Gasteiger partial charge in [0.2, 0.25) is 5.91 Å². The summed E-state index contributed by atoms with van der Waals surface area (Å²) in [6, 6.07) is 1.76. The van der Waals surface area contributed by atoms with Crippen LogP contribution in [0.3, 0.4) is 0 Å². The molecule has 1 amide bonds. The second-order valence-corrected chi connectivity index (χ2v) is 5.77. The molecule has 0 spiro atoms. The first-order valence-corrected chi connectivity index (χ1v) is 6.25. The van der Waals surface area contributed by atoms with Crippen LogP contribution in [0.2, 0.25) is 0 Å². The van der Waals surface area contributed by atoms with Gasteiger partial charge < -0.3 is 9.84 Å². The van der Waals surface area contributed by atoms with Gasteiger partial charge in [0.1, 0.15) is 0 Å². The van der Waals surface area contributed by atoms with Gasteiger partial charge in [0.05, 0.1) is 18.7 Å². The average Bonchev–Trinajstić information content (AvgIpc) is 2.70. The number of rotatable bonds is 4. The van der Waals surface area contributed by atoms with E-state index in [0.29, 0.717) is 18.2 Å². The van der Waals surface area contributed by atoms with Crippen LogP contribution in [-0.4, -0.2) is 11.1 Å². The molecule has 1 heterocycles. The Bertz CT molecular complexity index is 456. The van der Waals surface area contributed by atoms with E-state index in [1.165, 1.54) is 5.57 Å². The van der Waals surface area contributed by atoms with Crippen molar-refractivity contribution in [3.8, 4) is 0 Å². The van der Waals surface area contributed by atoms with Crippen molar-refractivity contribution in [3.63, 3.8) is 0 Å². The van der Waals surface area contributed by atoms with Gasteiger partial charge in [-0.1, -0.05) is 30.7 Å². The Hall–Kier alpha value is -1.58. The summed E-state index contributed by atoms with van der Waals surface area (Å²) in [5, 5.41) is 6.51. The third kappa shape index (κ3) is 2.47. The van der Waals surface area contributed by atoms with Gasteiger partial charge in [-0.3, -0.25) is 4.79 Å². The summed E-state index contributed by atoms with van der Waals surface area (Å²) in [6.45, 7) is 8.81. The van der Waals surface area contributed by atoms with Crippen LogP contribution in [0.4, 0.5) is 0 Å². The Balaban J connectivity index is 1.92. The second-order valence-electron chi connectivity index (χ2n) is 5.77. The Morgan fingerprint density at radius 2 is 2.28 bits per heavy atom. The second kappa shape index (κ2) is 4.59. The van der Waals surface area contributed by atoms with Crippen LogP contribution in [0.1, 0.15) is 33.5 Å². The maximum absolute atomic E-state index is 12.1. The summed E-state index contributed by atoms with van der Waals surface area (Å²) in [6.07, 6.45) is 3.77. The van der Waals surface area contributed by atoms with E-state index in [9.17, 15) is 4.79 Å². The van der Waals surface area contributed by atoms with Crippen LogP contribution in [0, 0.1) is 17.3 Å². The van der Waals surface area contributed by atoms with Gasteiger partial charge in [-0.15, -0.1) is 0 Å². The maximum Gasteiger partial charge on any atom is 0.224 e. The van der Waals surface area contributed by atoms with Crippen molar-refractivity contribution >= 4 is 5.91 Å². The fourth-order valence-electron chi connectivity index (χ4n) is 2.47. The van der Waals surface area contributed by atoms with Gasteiger partial charge >= 0.3 is 0 Å². The minimum atomic E-state index is 0.0583. The van der Waals surface area contributed by atoms with Crippen LogP contribution in [0.5, 0.6) is 0 Å². The normalized spacial score (nSPS) is 24.4. The Morgan fingerprint density at radius 3 is 2.83 bits per heavy atom. The van der Waals surface area contributed by atoms with E-state index >= 15 is 0 Å². The molecule has 1 N–H and O–H groups in total. The van der Waals surface area contributed by atoms with Crippen LogP contribution >= 0.6 is 0 Å². The zero-order valence-corrected chi connectivity index (χ0v) is 11.4. The number of hydrogen-bond acceptors (Lipinski definition) is 3. The highest BCUT2D eigenvalue weighted by Crippen LogP contribution is 2.59. The van der Waals surface area contributed by atoms with Crippen LogP contribution < -0.4 is 5.32 Å². The predicted octanol–water partition coefficient (Wildman–Crippen LogP) is 2.53. The lowest BCUT2D eigenvalue weighted by atomic mass is 10.1. The summed E-state index contributed by atoms with van der Waals surface area (Å²) in [5.41, 5.74) is 1.32. The first kappa shape index (κ1) is 12.9. The smallest absolute Gasteiger partial charge is 0.224 e. The molecule has 4 nitrogen and oxygen atoms in total. The van der Waals surface area contributed by atoms with Crippen molar-refractivity contribution in [3.05, 3.63) is 29.7 Å². The number of nitrogens with one attached hydrogen (secondary N) is 1. The van der Waals surface area contributed by atoms with E-state index in [2.05, 4.69) is 44.2 Å². The zero-order chi connectivity index (χ0) is 13.3. The lowest BCUT2D eigenvalue weighted by molar-refractivity contribution is -0.123. The first-order valence-electron chi connectivity index (χ1n) is 6.25. The molecule has 0 aliphatic heterocycles. The summed E-state index contributed by atoms with van der Waals surface area (Å²) in [7, 11) is 0. The molecule has 1 aliphatic rings. The highest BCUT2D eigenvalue weighted by atomic mass is 16.5. The molecule has 0 aromatic carbocycles. The maximum atomic E-state index is 12.1. The topological polar surface area (TPSA) is 55.1 Å². The number of nitrogens with zero attached hydrogens (tertiary/aromatic N) is 1. The number of carbonyl (C=O) groups excluding carboxylic acids is 1. The largest absolute Gasteiger partial charge is 0.360 e. The first-order chi connectivity index (χ1) is 8.43. The highest BCUT2D eigenvalue weighted by molar-refractivity contribution is 5.83. The SMILES string of the molecule is CC(C)=C[C@@H]1[C@H](C(=O)NCc2ccno2)C1(C)C. The van der Waals surface area contributed by atoms with Crippen molar-refractivity contribution < 1.29 is 9.32 Å². The highest BCUT2D eigenvalue weighted by Gasteiger charge is 2.60. The predicted molar refractivity (Wildman–Crippen MR) is 68.5 cm³/mol. The number of amides is 1. The van der Waals surface area contributed by atoms with Crippen molar-refractivity contribution in [2.75, 3.05) is 0 Å². The summed E-state index contributed by atoms with van der Waals surface area (Å²) >= 11 is 0. The lowest BCUT2D eigenvalue weighted by Gasteiger charge is -2.03. The summed E-state index contributed by atoms with van der Waals surface area (Å²) in [5.74, 6) is 1.19. The van der Waals surface area contributed by atoms with Gasteiger partial charge in [-0.25, -0.2) is 0 Å². The molecule has 0 radical (unpaired) electrons. The molecule has 1 fully saturated rings. The van der Waals surface area contributed by atoms with Crippen LogP contribution in [-0.2, 0) is 11.3 Å². The number of aromatic nitrogens is 1. The zero-order valence-electron chi connectivity index (χ0n) is 11.4. The standard InChI is InChI=1S/C14H20N2O2/c1-9(2)7-11-12(14(11,3)4)13(17)15-8-10-5-6-16-18-10/h5-7,11-12H,8H2,1-4H3,(H,15,17)/t11-,12-/m1/s1. The van der Waals surface area contributed by atoms with Crippen molar-refractivity contribution in [2.45, 2.75) is 34.2 Å². The van der Waals surface area contributed by atoms with Crippen molar-refractivity contribution in [1.82, 2.24) is 10.5 Å². The average molecular weight is 248 g/mol. The molecule has 2 rings (SSSR count). The van der Waals surface area contributed by atoms with Crippen molar-refractivity contribution in [1.29, 1.82) is 0 Å². The summed E-state index contributed by atoms with van der Waals surface area (Å²) in [4.78, 5) is 12.1. The summed E-state index contributed by atoms with van der Waals surface area (Å²) < 4.78 is 4.95. The van der Waals surface area contributed by atoms with Crippen LogP contribution in [0.25, 0.3) is 0 Å². The molecular formula is C14H20N2O2. The van der Waals surface area contributed by atoms with E-state index in [4.69, 9.17) is 4.52 Å². The third-order valence-electron chi connectivity index (χ3n) is 3.63. The molecule has 4 heteroatoms. The molecule has 1 aromatic heterocycles. The molecule has 98 valence electrons. The molecule has 0 bridgehead atoms. The van der Waals surface area contributed by atoms with E-state index in [-0.39, 0.29) is 17.2 Å². The number of carbonyl (C=O) groups is 1. The van der Waals surface area contributed by atoms with Gasteiger partial charge in [-0.05, 0) is 25.2 Å². The molecular weight excluding hydrogens is 228 g/mol. The molecule has 0 unspecified atom stereocenters. The minimum Gasteiger partial charge on any atom is -0.360 e. The Labute approximate surface area is 107 Å². The third-order valence-corrected chi connectivity index (χ3v) is 3.63. The van der Waals surface area contributed by atoms with Crippen molar-refractivity contribution in [2.24, 2.45) is 17.3 Å². The quantitative estimate of drug-likeness (QED) is 0.833. The monoisotopic (exact) mass is 248 g/mol. The molecule has 1 aromatic rings. The van der Waals surface area contributed by atoms with E-state index in [0.717, 1.165) is 0 Å². The fraction of sp³-hybridized carbons (Fsp3) is 0.571. The van der Waals surface area contributed by atoms with Gasteiger partial charge in [0, 0.05) is 6.07 Å². The lowest BCUT2D eigenvalue weighted by Crippen LogP contribution is -2.26. The van der Waals surface area contributed by atoms with Gasteiger partial charge in [0.25, 0.3) is 0 Å². The Morgan fingerprint density at radius 1 is 1.56 bits per heavy atom. The van der Waals surface area contributed by atoms with Gasteiger partial charge in [0.15, 0.2) is 5.76 Å².